The summed E-state index contributed by atoms with van der Waals surface area (Å²) < 4.78 is 0. The smallest absolute Gasteiger partial charge is 0.0224 e. The van der Waals surface area contributed by atoms with Crippen LogP contribution in [-0.2, 0) is 0 Å². The summed E-state index contributed by atoms with van der Waals surface area (Å²) in [4.78, 5) is 5.40. The first-order chi connectivity index (χ1) is 8.31. The summed E-state index contributed by atoms with van der Waals surface area (Å²) in [6.45, 7) is 12.2. The van der Waals surface area contributed by atoms with E-state index in [2.05, 4.69) is 29.0 Å². The highest BCUT2D eigenvalue weighted by Crippen LogP contribution is 2.22. The highest BCUT2D eigenvalue weighted by atomic mass is 15.3. The zero-order valence-corrected chi connectivity index (χ0v) is 11.6. The average molecular weight is 239 g/mol. The van der Waals surface area contributed by atoms with Gasteiger partial charge in [0.1, 0.15) is 0 Å². The zero-order chi connectivity index (χ0) is 12.1. The molecule has 2 unspecified atom stereocenters. The highest BCUT2D eigenvalue weighted by molar-refractivity contribution is 4.88. The van der Waals surface area contributed by atoms with Crippen molar-refractivity contribution in [2.75, 3.05) is 39.3 Å². The van der Waals surface area contributed by atoms with Crippen molar-refractivity contribution in [1.82, 2.24) is 15.1 Å². The van der Waals surface area contributed by atoms with Crippen LogP contribution in [-0.4, -0.2) is 61.2 Å². The van der Waals surface area contributed by atoms with Gasteiger partial charge in [-0.3, -0.25) is 9.80 Å². The fourth-order valence-corrected chi connectivity index (χ4v) is 3.21. The molecule has 1 N–H and O–H groups in total. The van der Waals surface area contributed by atoms with Crippen LogP contribution in [0.15, 0.2) is 0 Å². The third-order valence-corrected chi connectivity index (χ3v) is 4.41. The summed E-state index contributed by atoms with van der Waals surface area (Å²) in [7, 11) is 0. The van der Waals surface area contributed by atoms with E-state index in [9.17, 15) is 0 Å². The minimum Gasteiger partial charge on any atom is -0.317 e. The average Bonchev–Trinajstić information content (AvgIpc) is 2.81. The van der Waals surface area contributed by atoms with Crippen LogP contribution in [0.2, 0.25) is 0 Å². The van der Waals surface area contributed by atoms with Crippen molar-refractivity contribution in [3.63, 3.8) is 0 Å². The van der Waals surface area contributed by atoms with Crippen LogP contribution in [0.25, 0.3) is 0 Å². The normalized spacial score (nSPS) is 28.2. The van der Waals surface area contributed by atoms with E-state index in [1.807, 2.05) is 0 Å². The van der Waals surface area contributed by atoms with E-state index in [1.165, 1.54) is 65.0 Å². The molecule has 0 saturated carbocycles. The van der Waals surface area contributed by atoms with E-state index in [0.717, 1.165) is 12.1 Å². The molecule has 0 aliphatic carbocycles. The van der Waals surface area contributed by atoms with Gasteiger partial charge in [-0.2, -0.15) is 0 Å². The molecule has 2 heterocycles. The topological polar surface area (TPSA) is 18.5 Å². The van der Waals surface area contributed by atoms with E-state index in [0.29, 0.717) is 0 Å². The van der Waals surface area contributed by atoms with Gasteiger partial charge in [-0.25, -0.2) is 0 Å². The van der Waals surface area contributed by atoms with Crippen molar-refractivity contribution in [3.05, 3.63) is 0 Å². The van der Waals surface area contributed by atoms with Gasteiger partial charge in [0, 0.05) is 31.7 Å². The summed E-state index contributed by atoms with van der Waals surface area (Å²) >= 11 is 0. The van der Waals surface area contributed by atoms with Gasteiger partial charge in [0.25, 0.3) is 0 Å². The Morgan fingerprint density at radius 1 is 1.24 bits per heavy atom. The number of nitrogens with one attached hydrogen (secondary N) is 1. The quantitative estimate of drug-likeness (QED) is 0.710. The van der Waals surface area contributed by atoms with Crippen molar-refractivity contribution in [2.45, 2.75) is 51.6 Å². The largest absolute Gasteiger partial charge is 0.317 e. The third-order valence-electron chi connectivity index (χ3n) is 4.41. The molecule has 3 heteroatoms. The van der Waals surface area contributed by atoms with Gasteiger partial charge in [0.15, 0.2) is 0 Å². The molecule has 0 amide bonds. The summed E-state index contributed by atoms with van der Waals surface area (Å²) in [5.74, 6) is 0. The van der Waals surface area contributed by atoms with Crippen LogP contribution in [0.3, 0.4) is 0 Å². The van der Waals surface area contributed by atoms with Gasteiger partial charge in [0.2, 0.25) is 0 Å². The summed E-state index contributed by atoms with van der Waals surface area (Å²) in [6, 6.07) is 1.62. The number of piperazine rings is 1. The van der Waals surface area contributed by atoms with Crippen LogP contribution in [0.5, 0.6) is 0 Å². The van der Waals surface area contributed by atoms with E-state index in [1.54, 1.807) is 0 Å². The molecule has 2 aliphatic heterocycles. The van der Waals surface area contributed by atoms with Gasteiger partial charge in [0.05, 0.1) is 0 Å². The molecule has 2 saturated heterocycles. The first-order valence-corrected chi connectivity index (χ1v) is 7.50. The van der Waals surface area contributed by atoms with Crippen LogP contribution in [0.4, 0.5) is 0 Å². The SMILES string of the molecule is CCCNCCC(C)N1CCN2CCCC2C1. The van der Waals surface area contributed by atoms with E-state index in [4.69, 9.17) is 0 Å². The molecular formula is C14H29N3. The maximum Gasteiger partial charge on any atom is 0.0224 e. The van der Waals surface area contributed by atoms with Crippen LogP contribution >= 0.6 is 0 Å². The minimum absolute atomic E-state index is 0.752. The molecule has 2 fully saturated rings. The van der Waals surface area contributed by atoms with Gasteiger partial charge in [-0.05, 0) is 52.2 Å². The van der Waals surface area contributed by atoms with Crippen LogP contribution < -0.4 is 5.32 Å². The summed E-state index contributed by atoms with van der Waals surface area (Å²) in [6.07, 6.45) is 5.39. The second-order valence-corrected chi connectivity index (χ2v) is 5.71. The number of rotatable bonds is 6. The zero-order valence-electron chi connectivity index (χ0n) is 11.6. The monoisotopic (exact) mass is 239 g/mol. The maximum atomic E-state index is 3.51. The maximum absolute atomic E-state index is 3.51. The van der Waals surface area contributed by atoms with Crippen LogP contribution in [0, 0.1) is 0 Å². The fourth-order valence-electron chi connectivity index (χ4n) is 3.21. The Bertz CT molecular complexity index is 220. The highest BCUT2D eigenvalue weighted by Gasteiger charge is 2.31. The molecule has 0 aromatic carbocycles. The molecule has 3 nitrogen and oxygen atoms in total. The lowest BCUT2D eigenvalue weighted by Gasteiger charge is -2.40. The Balaban J connectivity index is 1.67. The summed E-state index contributed by atoms with van der Waals surface area (Å²) in [5, 5.41) is 3.51. The third kappa shape index (κ3) is 3.67. The molecule has 100 valence electrons. The number of nitrogens with zero attached hydrogens (tertiary/aromatic N) is 2. The van der Waals surface area contributed by atoms with Crippen molar-refractivity contribution >= 4 is 0 Å². The van der Waals surface area contributed by atoms with Gasteiger partial charge in [-0.15, -0.1) is 0 Å². The Morgan fingerprint density at radius 2 is 2.12 bits per heavy atom. The van der Waals surface area contributed by atoms with Crippen LogP contribution in [0.1, 0.15) is 39.5 Å². The molecule has 0 radical (unpaired) electrons. The van der Waals surface area contributed by atoms with Gasteiger partial charge in [-0.1, -0.05) is 6.92 Å². The van der Waals surface area contributed by atoms with Crippen molar-refractivity contribution in [1.29, 1.82) is 0 Å². The molecule has 0 aromatic rings. The lowest BCUT2D eigenvalue weighted by atomic mass is 10.1. The number of fused-ring (bicyclic) bond motifs is 1. The van der Waals surface area contributed by atoms with Crippen molar-refractivity contribution < 1.29 is 0 Å². The first-order valence-electron chi connectivity index (χ1n) is 7.50. The molecule has 2 rings (SSSR count). The van der Waals surface area contributed by atoms with E-state index < -0.39 is 0 Å². The number of hydrogen-bond donors (Lipinski definition) is 1. The second kappa shape index (κ2) is 6.72. The summed E-state index contributed by atoms with van der Waals surface area (Å²) in [5.41, 5.74) is 0. The van der Waals surface area contributed by atoms with E-state index >= 15 is 0 Å². The molecule has 17 heavy (non-hydrogen) atoms. The first kappa shape index (κ1) is 13.3. The van der Waals surface area contributed by atoms with Gasteiger partial charge < -0.3 is 5.32 Å². The molecule has 0 bridgehead atoms. The lowest BCUT2D eigenvalue weighted by Crippen LogP contribution is -2.53. The molecule has 0 aromatic heterocycles. The second-order valence-electron chi connectivity index (χ2n) is 5.71. The fraction of sp³-hybridized carbons (Fsp3) is 1.00. The standard InChI is InChI=1S/C14H29N3/c1-3-7-15-8-6-13(2)17-11-10-16-9-4-5-14(16)12-17/h13-15H,3-12H2,1-2H3. The molecule has 2 atom stereocenters. The Kier molecular flexibility index (Phi) is 5.26. The van der Waals surface area contributed by atoms with E-state index in [-0.39, 0.29) is 0 Å². The Morgan fingerprint density at radius 3 is 2.94 bits per heavy atom. The number of hydrogen-bond acceptors (Lipinski definition) is 3. The molecular weight excluding hydrogens is 210 g/mol. The predicted octanol–water partition coefficient (Wildman–Crippen LogP) is 1.54. The lowest BCUT2D eigenvalue weighted by molar-refractivity contribution is 0.0743. The predicted molar refractivity (Wildman–Crippen MR) is 73.4 cm³/mol. The molecule has 0 spiro atoms. The Labute approximate surface area is 107 Å². The molecule has 2 aliphatic rings. The van der Waals surface area contributed by atoms with Crippen molar-refractivity contribution in [2.24, 2.45) is 0 Å². The van der Waals surface area contributed by atoms with Crippen molar-refractivity contribution in [3.8, 4) is 0 Å². The van der Waals surface area contributed by atoms with Gasteiger partial charge >= 0.3 is 0 Å². The minimum atomic E-state index is 0.752. The Hall–Kier alpha value is -0.120.